The summed E-state index contributed by atoms with van der Waals surface area (Å²) in [6, 6.07) is 13.2. The number of benzene rings is 2. The lowest BCUT2D eigenvalue weighted by atomic mass is 9.95. The molecule has 170 valence electrons. The van der Waals surface area contributed by atoms with Gasteiger partial charge in [-0.3, -0.25) is 14.5 Å². The smallest absolute Gasteiger partial charge is 0.301 e. The Bertz CT molecular complexity index is 1170. The number of Topliss-reactive ketones (excluding diaryl/α,β-unsaturated/α-hetero) is 1. The minimum atomic E-state index is -0.827. The Labute approximate surface area is 195 Å². The number of rotatable bonds is 8. The summed E-state index contributed by atoms with van der Waals surface area (Å²) in [5.41, 5.74) is 1.07. The van der Waals surface area contributed by atoms with Gasteiger partial charge in [-0.1, -0.05) is 31.2 Å². The van der Waals surface area contributed by atoms with Gasteiger partial charge in [-0.25, -0.2) is 4.98 Å². The number of aliphatic hydroxyl groups excluding tert-OH is 1. The number of ketones is 1. The number of nitrogens with zero attached hydrogens (tertiary/aromatic N) is 2. The molecule has 0 radical (unpaired) electrons. The van der Waals surface area contributed by atoms with Crippen LogP contribution in [0.4, 0.5) is 5.13 Å². The lowest BCUT2D eigenvalue weighted by Crippen LogP contribution is -2.29. The van der Waals surface area contributed by atoms with E-state index in [4.69, 9.17) is 9.47 Å². The highest BCUT2D eigenvalue weighted by atomic mass is 32.1. The van der Waals surface area contributed by atoms with Crippen LogP contribution in [0.15, 0.2) is 65.7 Å². The van der Waals surface area contributed by atoms with E-state index in [1.54, 1.807) is 60.1 Å². The second-order valence-electron chi connectivity index (χ2n) is 7.36. The van der Waals surface area contributed by atoms with Gasteiger partial charge in [0.1, 0.15) is 17.3 Å². The number of amides is 1. The molecular formula is C25H24N2O5S. The molecule has 1 amide bonds. The van der Waals surface area contributed by atoms with Crippen LogP contribution in [0.2, 0.25) is 0 Å². The van der Waals surface area contributed by atoms with Gasteiger partial charge in [-0.05, 0) is 43.2 Å². The number of ether oxygens (including phenoxy) is 2. The maximum absolute atomic E-state index is 13.1. The van der Waals surface area contributed by atoms with Crippen molar-refractivity contribution in [3.63, 3.8) is 0 Å². The zero-order valence-corrected chi connectivity index (χ0v) is 19.2. The Morgan fingerprint density at radius 3 is 2.55 bits per heavy atom. The molecule has 33 heavy (non-hydrogen) atoms. The van der Waals surface area contributed by atoms with Crippen molar-refractivity contribution in [1.82, 2.24) is 4.98 Å². The fourth-order valence-corrected chi connectivity index (χ4v) is 4.37. The predicted molar refractivity (Wildman–Crippen MR) is 127 cm³/mol. The van der Waals surface area contributed by atoms with Crippen molar-refractivity contribution < 1.29 is 24.2 Å². The summed E-state index contributed by atoms with van der Waals surface area (Å²) in [4.78, 5) is 31.8. The lowest BCUT2D eigenvalue weighted by Gasteiger charge is -2.23. The zero-order valence-electron chi connectivity index (χ0n) is 18.4. The number of carbonyl (C=O) groups is 2. The van der Waals surface area contributed by atoms with E-state index in [0.29, 0.717) is 41.0 Å². The van der Waals surface area contributed by atoms with Gasteiger partial charge in [-0.15, -0.1) is 11.3 Å². The Kier molecular flexibility index (Phi) is 6.74. The molecule has 4 rings (SSSR count). The monoisotopic (exact) mass is 464 g/mol. The fraction of sp³-hybridized carbons (Fsp3) is 0.240. The second kappa shape index (κ2) is 9.87. The number of hydrogen-bond donors (Lipinski definition) is 1. The summed E-state index contributed by atoms with van der Waals surface area (Å²) >= 11 is 1.25. The lowest BCUT2D eigenvalue weighted by molar-refractivity contribution is -0.132. The van der Waals surface area contributed by atoms with Crippen LogP contribution in [0, 0.1) is 0 Å². The van der Waals surface area contributed by atoms with Gasteiger partial charge in [0.15, 0.2) is 5.13 Å². The summed E-state index contributed by atoms with van der Waals surface area (Å²) in [7, 11) is 0. The minimum absolute atomic E-state index is 0.00648. The largest absolute Gasteiger partial charge is 0.507 e. The molecule has 1 saturated heterocycles. The number of carbonyl (C=O) groups excluding carboxylic acids is 2. The van der Waals surface area contributed by atoms with E-state index in [1.165, 1.54) is 16.2 Å². The highest BCUT2D eigenvalue weighted by Gasteiger charge is 2.48. The number of aromatic nitrogens is 1. The van der Waals surface area contributed by atoms with Gasteiger partial charge in [0, 0.05) is 17.1 Å². The predicted octanol–water partition coefficient (Wildman–Crippen LogP) is 4.96. The van der Waals surface area contributed by atoms with Crippen molar-refractivity contribution in [2.45, 2.75) is 26.3 Å². The third-order valence-electron chi connectivity index (χ3n) is 5.16. The molecule has 8 heteroatoms. The molecule has 0 bridgehead atoms. The zero-order chi connectivity index (χ0) is 23.4. The van der Waals surface area contributed by atoms with Crippen molar-refractivity contribution >= 4 is 33.9 Å². The molecule has 0 saturated carbocycles. The SMILES string of the molecule is CCCOc1cccc(/C(O)=C2\C(=O)C(=O)N(c3nccs3)C2c2ccc(OCC)cc2)c1. The van der Waals surface area contributed by atoms with Crippen molar-refractivity contribution in [3.8, 4) is 11.5 Å². The molecule has 2 heterocycles. The molecule has 1 atom stereocenters. The molecule has 0 spiro atoms. The highest BCUT2D eigenvalue weighted by molar-refractivity contribution is 7.14. The molecule has 1 aromatic heterocycles. The summed E-state index contributed by atoms with van der Waals surface area (Å²) in [6.45, 7) is 4.95. The van der Waals surface area contributed by atoms with Crippen LogP contribution in [0.25, 0.3) is 5.76 Å². The van der Waals surface area contributed by atoms with Gasteiger partial charge in [0.2, 0.25) is 0 Å². The first-order valence-corrected chi connectivity index (χ1v) is 11.6. The van der Waals surface area contributed by atoms with Gasteiger partial charge in [-0.2, -0.15) is 0 Å². The Morgan fingerprint density at radius 2 is 1.88 bits per heavy atom. The van der Waals surface area contributed by atoms with E-state index in [1.807, 2.05) is 13.8 Å². The van der Waals surface area contributed by atoms with E-state index >= 15 is 0 Å². The molecule has 1 N–H and O–H groups in total. The van der Waals surface area contributed by atoms with Crippen molar-refractivity contribution in [2.75, 3.05) is 18.1 Å². The number of thiazole rings is 1. The molecule has 1 aliphatic rings. The van der Waals surface area contributed by atoms with Crippen molar-refractivity contribution in [2.24, 2.45) is 0 Å². The van der Waals surface area contributed by atoms with E-state index in [0.717, 1.165) is 6.42 Å². The number of anilines is 1. The summed E-state index contributed by atoms with van der Waals surface area (Å²) in [5, 5.41) is 13.3. The van der Waals surface area contributed by atoms with Crippen molar-refractivity contribution in [1.29, 1.82) is 0 Å². The van der Waals surface area contributed by atoms with Crippen LogP contribution in [0.5, 0.6) is 11.5 Å². The number of aliphatic hydroxyl groups is 1. The summed E-state index contributed by atoms with van der Waals surface area (Å²) < 4.78 is 11.2. The summed E-state index contributed by atoms with van der Waals surface area (Å²) in [6.07, 6.45) is 2.41. The molecule has 1 unspecified atom stereocenters. The molecular weight excluding hydrogens is 440 g/mol. The van der Waals surface area contributed by atoms with Crippen LogP contribution in [-0.4, -0.2) is 35.0 Å². The van der Waals surface area contributed by atoms with Crippen LogP contribution in [0.1, 0.15) is 37.4 Å². The van der Waals surface area contributed by atoms with Gasteiger partial charge in [0.05, 0.1) is 24.8 Å². The van der Waals surface area contributed by atoms with Crippen LogP contribution in [0.3, 0.4) is 0 Å². The first-order chi connectivity index (χ1) is 16.0. The fourth-order valence-electron chi connectivity index (χ4n) is 3.70. The van der Waals surface area contributed by atoms with Gasteiger partial charge >= 0.3 is 5.91 Å². The average Bonchev–Trinajstić information content (AvgIpc) is 3.45. The maximum Gasteiger partial charge on any atom is 0.301 e. The Balaban J connectivity index is 1.84. The van der Waals surface area contributed by atoms with Crippen LogP contribution < -0.4 is 14.4 Å². The van der Waals surface area contributed by atoms with Crippen molar-refractivity contribution in [3.05, 3.63) is 76.8 Å². The normalized spacial score (nSPS) is 17.4. The summed E-state index contributed by atoms with van der Waals surface area (Å²) in [5.74, 6) is -0.501. The molecule has 7 nitrogen and oxygen atoms in total. The molecule has 1 fully saturated rings. The van der Waals surface area contributed by atoms with Crippen LogP contribution in [-0.2, 0) is 9.59 Å². The van der Waals surface area contributed by atoms with Gasteiger partial charge < -0.3 is 14.6 Å². The quantitative estimate of drug-likeness (QED) is 0.288. The topological polar surface area (TPSA) is 89.0 Å². The Morgan fingerprint density at radius 1 is 1.09 bits per heavy atom. The maximum atomic E-state index is 13.1. The molecule has 3 aromatic rings. The third-order valence-corrected chi connectivity index (χ3v) is 5.93. The standard InChI is InChI=1S/C25H24N2O5S/c1-3-13-32-19-7-5-6-17(15-19)22(28)20-21(16-8-10-18(11-9-16)31-4-2)27(24(30)23(20)29)25-26-12-14-33-25/h5-12,14-15,21,28H,3-4,13H2,1-2H3/b22-20+. The van der Waals surface area contributed by atoms with E-state index in [-0.39, 0.29) is 11.3 Å². The molecule has 1 aliphatic heterocycles. The molecule has 0 aliphatic carbocycles. The number of hydrogen-bond acceptors (Lipinski definition) is 7. The third kappa shape index (κ3) is 4.47. The van der Waals surface area contributed by atoms with Gasteiger partial charge in [0.25, 0.3) is 5.78 Å². The second-order valence-corrected chi connectivity index (χ2v) is 8.24. The highest BCUT2D eigenvalue weighted by Crippen LogP contribution is 2.43. The van der Waals surface area contributed by atoms with E-state index < -0.39 is 17.7 Å². The van der Waals surface area contributed by atoms with E-state index in [2.05, 4.69) is 4.98 Å². The first kappa shape index (κ1) is 22.5. The van der Waals surface area contributed by atoms with Crippen LogP contribution >= 0.6 is 11.3 Å². The molecule has 2 aromatic carbocycles. The average molecular weight is 465 g/mol. The van der Waals surface area contributed by atoms with E-state index in [9.17, 15) is 14.7 Å². The Hall–Kier alpha value is -3.65. The minimum Gasteiger partial charge on any atom is -0.507 e. The first-order valence-electron chi connectivity index (χ1n) is 10.7.